The molecule has 0 spiro atoms. The van der Waals surface area contributed by atoms with E-state index in [4.69, 9.17) is 10.5 Å². The van der Waals surface area contributed by atoms with Gasteiger partial charge in [-0.15, -0.1) is 0 Å². The van der Waals surface area contributed by atoms with Gasteiger partial charge >= 0.3 is 0 Å². The number of aromatic nitrogens is 2. The van der Waals surface area contributed by atoms with Crippen molar-refractivity contribution in [2.75, 3.05) is 13.7 Å². The first-order valence-corrected chi connectivity index (χ1v) is 5.87. The Balaban J connectivity index is 2.60. The smallest absolute Gasteiger partial charge is 0.110 e. The Morgan fingerprint density at radius 1 is 1.56 bits per heavy atom. The molecule has 0 bridgehead atoms. The number of hydrogen-bond acceptors (Lipinski definition) is 3. The molecular formula is C12H23N3O. The molecule has 0 fully saturated rings. The van der Waals surface area contributed by atoms with E-state index in [0.29, 0.717) is 6.61 Å². The Hall–Kier alpha value is -0.870. The van der Waals surface area contributed by atoms with Crippen molar-refractivity contribution in [2.45, 2.75) is 45.2 Å². The highest BCUT2D eigenvalue weighted by atomic mass is 16.5. The minimum absolute atomic E-state index is 0.243. The molecule has 0 aliphatic carbocycles. The summed E-state index contributed by atoms with van der Waals surface area (Å²) in [4.78, 5) is 4.37. The summed E-state index contributed by atoms with van der Waals surface area (Å²) in [6.45, 7) is 5.92. The lowest BCUT2D eigenvalue weighted by molar-refractivity contribution is 0.171. The van der Waals surface area contributed by atoms with Gasteiger partial charge in [0.25, 0.3) is 0 Å². The highest BCUT2D eigenvalue weighted by Gasteiger charge is 2.21. The van der Waals surface area contributed by atoms with Gasteiger partial charge in [-0.25, -0.2) is 4.98 Å². The normalized spacial score (nSPS) is 15.0. The third-order valence-electron chi connectivity index (χ3n) is 2.71. The zero-order chi connectivity index (χ0) is 12.0. The molecule has 0 aliphatic rings. The summed E-state index contributed by atoms with van der Waals surface area (Å²) < 4.78 is 7.25. The van der Waals surface area contributed by atoms with E-state index < -0.39 is 0 Å². The van der Waals surface area contributed by atoms with Gasteiger partial charge in [0, 0.05) is 44.6 Å². The number of nitrogens with two attached hydrogens (primary N) is 1. The van der Waals surface area contributed by atoms with Crippen molar-refractivity contribution in [3.8, 4) is 0 Å². The van der Waals surface area contributed by atoms with E-state index in [9.17, 15) is 0 Å². The summed E-state index contributed by atoms with van der Waals surface area (Å²) >= 11 is 0. The van der Waals surface area contributed by atoms with Crippen LogP contribution in [0, 0.1) is 0 Å². The molecule has 4 heteroatoms. The SMILES string of the molecule is CCCn1ccnc1CC(C)(N)CCOC. The van der Waals surface area contributed by atoms with Gasteiger partial charge in [0.1, 0.15) is 5.82 Å². The molecule has 1 atom stereocenters. The number of ether oxygens (including phenoxy) is 1. The first-order chi connectivity index (χ1) is 7.59. The molecule has 1 aromatic heterocycles. The monoisotopic (exact) mass is 225 g/mol. The fourth-order valence-electron chi connectivity index (χ4n) is 1.74. The van der Waals surface area contributed by atoms with Gasteiger partial charge in [-0.1, -0.05) is 6.92 Å². The van der Waals surface area contributed by atoms with E-state index in [1.165, 1.54) is 0 Å². The number of aryl methyl sites for hydroxylation is 1. The number of hydrogen-bond donors (Lipinski definition) is 1. The lowest BCUT2D eigenvalue weighted by Gasteiger charge is -2.24. The Kier molecular flexibility index (Phi) is 4.96. The Labute approximate surface area is 97.8 Å². The molecule has 1 aromatic rings. The van der Waals surface area contributed by atoms with Crippen LogP contribution in [-0.4, -0.2) is 28.8 Å². The summed E-state index contributed by atoms with van der Waals surface area (Å²) in [7, 11) is 1.70. The predicted molar refractivity (Wildman–Crippen MR) is 65.3 cm³/mol. The molecule has 92 valence electrons. The van der Waals surface area contributed by atoms with Gasteiger partial charge in [0.05, 0.1) is 0 Å². The summed E-state index contributed by atoms with van der Waals surface area (Å²) in [5.41, 5.74) is 5.98. The molecule has 16 heavy (non-hydrogen) atoms. The van der Waals surface area contributed by atoms with Gasteiger partial charge < -0.3 is 15.0 Å². The van der Waals surface area contributed by atoms with Crippen LogP contribution in [0.2, 0.25) is 0 Å². The summed E-state index contributed by atoms with van der Waals surface area (Å²) in [6, 6.07) is 0. The molecule has 0 radical (unpaired) electrons. The molecule has 1 unspecified atom stereocenters. The predicted octanol–water partition coefficient (Wildman–Crippen LogP) is 1.59. The topological polar surface area (TPSA) is 53.1 Å². The first-order valence-electron chi connectivity index (χ1n) is 5.87. The molecule has 1 rings (SSSR count). The van der Waals surface area contributed by atoms with Gasteiger partial charge in [-0.05, 0) is 19.8 Å². The van der Waals surface area contributed by atoms with Gasteiger partial charge in [-0.2, -0.15) is 0 Å². The molecule has 0 amide bonds. The van der Waals surface area contributed by atoms with Crippen LogP contribution < -0.4 is 5.73 Å². The van der Waals surface area contributed by atoms with E-state index >= 15 is 0 Å². The second kappa shape index (κ2) is 6.01. The van der Waals surface area contributed by atoms with E-state index in [2.05, 4.69) is 23.4 Å². The number of rotatable bonds is 7. The third kappa shape index (κ3) is 3.94. The molecule has 0 saturated carbocycles. The van der Waals surface area contributed by atoms with Crippen molar-refractivity contribution in [2.24, 2.45) is 5.73 Å². The Morgan fingerprint density at radius 2 is 2.31 bits per heavy atom. The van der Waals surface area contributed by atoms with Crippen LogP contribution in [-0.2, 0) is 17.7 Å². The van der Waals surface area contributed by atoms with Crippen LogP contribution in [0.4, 0.5) is 0 Å². The van der Waals surface area contributed by atoms with E-state index in [1.807, 2.05) is 12.4 Å². The molecular weight excluding hydrogens is 202 g/mol. The fourth-order valence-corrected chi connectivity index (χ4v) is 1.74. The van der Waals surface area contributed by atoms with E-state index in [-0.39, 0.29) is 5.54 Å². The van der Waals surface area contributed by atoms with Crippen molar-refractivity contribution in [1.29, 1.82) is 0 Å². The maximum atomic E-state index is 6.23. The molecule has 0 saturated heterocycles. The average molecular weight is 225 g/mol. The number of methoxy groups -OCH3 is 1. The molecule has 0 aromatic carbocycles. The second-order valence-electron chi connectivity index (χ2n) is 4.61. The second-order valence-corrected chi connectivity index (χ2v) is 4.61. The van der Waals surface area contributed by atoms with Gasteiger partial charge in [-0.3, -0.25) is 0 Å². The summed E-state index contributed by atoms with van der Waals surface area (Å²) in [5.74, 6) is 1.07. The quantitative estimate of drug-likeness (QED) is 0.766. The number of imidazole rings is 1. The minimum Gasteiger partial charge on any atom is -0.385 e. The van der Waals surface area contributed by atoms with Crippen molar-refractivity contribution in [3.63, 3.8) is 0 Å². The van der Waals surface area contributed by atoms with Crippen molar-refractivity contribution < 1.29 is 4.74 Å². The van der Waals surface area contributed by atoms with Crippen LogP contribution in [0.25, 0.3) is 0 Å². The maximum absolute atomic E-state index is 6.23. The van der Waals surface area contributed by atoms with Crippen LogP contribution in [0.3, 0.4) is 0 Å². The lowest BCUT2D eigenvalue weighted by Crippen LogP contribution is -2.40. The Morgan fingerprint density at radius 3 is 2.94 bits per heavy atom. The molecule has 0 aliphatic heterocycles. The van der Waals surface area contributed by atoms with E-state index in [1.54, 1.807) is 7.11 Å². The molecule has 1 heterocycles. The standard InChI is InChI=1S/C12H23N3O/c1-4-7-15-8-6-14-11(15)10-12(2,13)5-9-16-3/h6,8H,4-5,7,9-10,13H2,1-3H3. The van der Waals surface area contributed by atoms with Crippen molar-refractivity contribution in [1.82, 2.24) is 9.55 Å². The lowest BCUT2D eigenvalue weighted by atomic mass is 9.95. The first kappa shape index (κ1) is 13.2. The third-order valence-corrected chi connectivity index (χ3v) is 2.71. The highest BCUT2D eigenvalue weighted by Crippen LogP contribution is 2.13. The zero-order valence-electron chi connectivity index (χ0n) is 10.6. The van der Waals surface area contributed by atoms with Gasteiger partial charge in [0.2, 0.25) is 0 Å². The molecule has 4 nitrogen and oxygen atoms in total. The van der Waals surface area contributed by atoms with Crippen LogP contribution in [0.15, 0.2) is 12.4 Å². The minimum atomic E-state index is -0.243. The maximum Gasteiger partial charge on any atom is 0.110 e. The van der Waals surface area contributed by atoms with Crippen LogP contribution in [0.5, 0.6) is 0 Å². The fraction of sp³-hybridized carbons (Fsp3) is 0.750. The average Bonchev–Trinajstić information content (AvgIpc) is 2.63. The van der Waals surface area contributed by atoms with Crippen molar-refractivity contribution in [3.05, 3.63) is 18.2 Å². The van der Waals surface area contributed by atoms with Crippen molar-refractivity contribution >= 4 is 0 Å². The highest BCUT2D eigenvalue weighted by molar-refractivity contribution is 4.99. The van der Waals surface area contributed by atoms with Crippen LogP contribution >= 0.6 is 0 Å². The number of nitrogens with zero attached hydrogens (tertiary/aromatic N) is 2. The van der Waals surface area contributed by atoms with Crippen LogP contribution in [0.1, 0.15) is 32.5 Å². The summed E-state index contributed by atoms with van der Waals surface area (Å²) in [6.07, 6.45) is 6.62. The molecule has 2 N–H and O–H groups in total. The Bertz CT molecular complexity index is 307. The summed E-state index contributed by atoms with van der Waals surface area (Å²) in [5, 5.41) is 0. The van der Waals surface area contributed by atoms with E-state index in [0.717, 1.165) is 31.6 Å². The largest absolute Gasteiger partial charge is 0.385 e. The van der Waals surface area contributed by atoms with Gasteiger partial charge in [0.15, 0.2) is 0 Å². The zero-order valence-corrected chi connectivity index (χ0v) is 10.6.